The average Bonchev–Trinajstić information content (AvgIpc) is 3.32. The first kappa shape index (κ1) is 23.5. The number of para-hydroxylation sites is 1. The lowest BCUT2D eigenvalue weighted by Gasteiger charge is -2.41. The van der Waals surface area contributed by atoms with E-state index in [9.17, 15) is 9.59 Å². The fourth-order valence-corrected chi connectivity index (χ4v) is 4.93. The number of aryl methyl sites for hydroxylation is 1. The van der Waals surface area contributed by atoms with Crippen LogP contribution in [0.1, 0.15) is 35.8 Å². The Balaban J connectivity index is 1.42. The summed E-state index contributed by atoms with van der Waals surface area (Å²) in [6.45, 7) is 2.43. The molecule has 184 valence electrons. The van der Waals surface area contributed by atoms with Crippen molar-refractivity contribution in [2.45, 2.75) is 32.2 Å². The summed E-state index contributed by atoms with van der Waals surface area (Å²) in [5, 5.41) is 11.5. The van der Waals surface area contributed by atoms with Crippen molar-refractivity contribution in [2.75, 3.05) is 18.6 Å². The molecular weight excluding hydrogens is 454 g/mol. The van der Waals surface area contributed by atoms with E-state index in [2.05, 4.69) is 15.5 Å². The molecular formula is C28H29N5O3. The zero-order valence-corrected chi connectivity index (χ0v) is 20.4. The summed E-state index contributed by atoms with van der Waals surface area (Å²) in [5.41, 5.74) is 3.47. The van der Waals surface area contributed by atoms with Gasteiger partial charge in [0.1, 0.15) is 11.6 Å². The van der Waals surface area contributed by atoms with E-state index in [4.69, 9.17) is 4.74 Å². The molecule has 4 aromatic rings. The highest BCUT2D eigenvalue weighted by Gasteiger charge is 2.42. The number of piperidine rings is 1. The predicted octanol–water partition coefficient (Wildman–Crippen LogP) is 3.89. The van der Waals surface area contributed by atoms with Crippen molar-refractivity contribution >= 4 is 23.1 Å². The number of amides is 2. The summed E-state index contributed by atoms with van der Waals surface area (Å²) in [7, 11) is 1.61. The summed E-state index contributed by atoms with van der Waals surface area (Å²) >= 11 is 0. The molecule has 0 spiro atoms. The first-order valence-corrected chi connectivity index (χ1v) is 12.1. The van der Waals surface area contributed by atoms with Crippen molar-refractivity contribution in [1.29, 1.82) is 0 Å². The molecule has 2 amide bonds. The van der Waals surface area contributed by atoms with E-state index in [0.717, 1.165) is 28.3 Å². The number of methoxy groups -OCH3 is 1. The summed E-state index contributed by atoms with van der Waals surface area (Å²) in [4.78, 5) is 28.6. The number of aromatic nitrogens is 3. The van der Waals surface area contributed by atoms with Crippen molar-refractivity contribution in [3.8, 4) is 5.75 Å². The second-order valence-corrected chi connectivity index (χ2v) is 9.02. The molecule has 0 radical (unpaired) electrons. The molecule has 1 N–H and O–H groups in total. The maximum Gasteiger partial charge on any atom is 0.227 e. The number of rotatable bonds is 7. The van der Waals surface area contributed by atoms with Gasteiger partial charge in [-0.1, -0.05) is 42.0 Å². The Labute approximate surface area is 209 Å². The van der Waals surface area contributed by atoms with Crippen LogP contribution in [0, 0.1) is 12.8 Å². The monoisotopic (exact) mass is 483 g/mol. The lowest BCUT2D eigenvalue weighted by molar-refractivity contribution is -0.129. The van der Waals surface area contributed by atoms with Crippen LogP contribution in [0.25, 0.3) is 5.65 Å². The zero-order valence-electron chi connectivity index (χ0n) is 20.4. The molecule has 2 aromatic carbocycles. The van der Waals surface area contributed by atoms with Gasteiger partial charge in [-0.3, -0.25) is 14.0 Å². The third kappa shape index (κ3) is 4.54. The lowest BCUT2D eigenvalue weighted by atomic mass is 9.82. The van der Waals surface area contributed by atoms with E-state index >= 15 is 0 Å². The van der Waals surface area contributed by atoms with Crippen LogP contribution in [0.4, 0.5) is 5.69 Å². The number of pyridine rings is 1. The van der Waals surface area contributed by atoms with Gasteiger partial charge in [-0.15, -0.1) is 10.2 Å². The fraction of sp³-hybridized carbons (Fsp3) is 0.286. The third-order valence-corrected chi connectivity index (χ3v) is 6.74. The molecule has 2 aromatic heterocycles. The summed E-state index contributed by atoms with van der Waals surface area (Å²) in [6, 6.07) is 20.7. The van der Waals surface area contributed by atoms with E-state index in [1.807, 2.05) is 84.3 Å². The minimum Gasteiger partial charge on any atom is -0.496 e. The van der Waals surface area contributed by atoms with Crippen molar-refractivity contribution in [2.24, 2.45) is 5.92 Å². The minimum absolute atomic E-state index is 0.00580. The number of nitrogens with one attached hydrogen (secondary N) is 1. The van der Waals surface area contributed by atoms with Crippen LogP contribution in [-0.2, 0) is 16.0 Å². The van der Waals surface area contributed by atoms with E-state index in [1.165, 1.54) is 0 Å². The number of nitrogens with zero attached hydrogens (tertiary/aromatic N) is 4. The molecule has 2 unspecified atom stereocenters. The van der Waals surface area contributed by atoms with Gasteiger partial charge in [0, 0.05) is 36.8 Å². The van der Waals surface area contributed by atoms with Crippen LogP contribution >= 0.6 is 0 Å². The van der Waals surface area contributed by atoms with Crippen LogP contribution in [-0.4, -0.2) is 40.1 Å². The van der Waals surface area contributed by atoms with Gasteiger partial charge in [-0.2, -0.15) is 0 Å². The number of carbonyl (C=O) groups is 2. The van der Waals surface area contributed by atoms with Gasteiger partial charge in [0.05, 0.1) is 19.1 Å². The van der Waals surface area contributed by atoms with Gasteiger partial charge in [0.2, 0.25) is 11.8 Å². The molecule has 8 nitrogen and oxygen atoms in total. The topological polar surface area (TPSA) is 88.8 Å². The number of hydrogen-bond donors (Lipinski definition) is 1. The van der Waals surface area contributed by atoms with Gasteiger partial charge in [0.15, 0.2) is 5.65 Å². The number of hydrogen-bond acceptors (Lipinski definition) is 5. The largest absolute Gasteiger partial charge is 0.496 e. The molecule has 1 aliphatic rings. The molecule has 36 heavy (non-hydrogen) atoms. The molecule has 1 saturated heterocycles. The first-order valence-electron chi connectivity index (χ1n) is 12.1. The van der Waals surface area contributed by atoms with Crippen LogP contribution in [0.15, 0.2) is 72.9 Å². The SMILES string of the molecule is COc1ccccc1C1C(C(=O)NCCc2nnc3ccccn23)CCC(=O)N1c1ccc(C)cc1. The summed E-state index contributed by atoms with van der Waals surface area (Å²) in [5.74, 6) is 0.905. The molecule has 8 heteroatoms. The smallest absolute Gasteiger partial charge is 0.227 e. The molecule has 5 rings (SSSR count). The van der Waals surface area contributed by atoms with Crippen molar-refractivity contribution in [3.63, 3.8) is 0 Å². The van der Waals surface area contributed by atoms with Crippen LogP contribution in [0.5, 0.6) is 5.75 Å². The predicted molar refractivity (Wildman–Crippen MR) is 137 cm³/mol. The number of fused-ring (bicyclic) bond motifs is 1. The number of anilines is 1. The molecule has 0 saturated carbocycles. The van der Waals surface area contributed by atoms with Gasteiger partial charge in [-0.25, -0.2) is 0 Å². The average molecular weight is 484 g/mol. The number of carbonyl (C=O) groups excluding carboxylic acids is 2. The Bertz CT molecular complexity index is 1380. The molecule has 0 aliphatic carbocycles. The third-order valence-electron chi connectivity index (χ3n) is 6.74. The molecule has 2 atom stereocenters. The Morgan fingerprint density at radius 2 is 1.83 bits per heavy atom. The fourth-order valence-electron chi connectivity index (χ4n) is 4.93. The standard InChI is InChI=1S/C28H29N5O3/c1-19-10-12-20(13-11-19)33-26(34)15-14-22(27(33)21-7-3-4-8-23(21)36-2)28(35)29-17-16-25-31-30-24-9-5-6-18-32(24)25/h3-13,18,22,27H,14-17H2,1-2H3,(H,29,35). The van der Waals surface area contributed by atoms with Gasteiger partial charge in [-0.05, 0) is 43.7 Å². The van der Waals surface area contributed by atoms with E-state index in [0.29, 0.717) is 31.6 Å². The van der Waals surface area contributed by atoms with Gasteiger partial charge < -0.3 is 15.0 Å². The minimum atomic E-state index is -0.487. The molecule has 3 heterocycles. The summed E-state index contributed by atoms with van der Waals surface area (Å²) < 4.78 is 7.57. The number of ether oxygens (including phenoxy) is 1. The Kier molecular flexibility index (Phi) is 6.66. The van der Waals surface area contributed by atoms with Crippen molar-refractivity contribution in [1.82, 2.24) is 19.9 Å². The van der Waals surface area contributed by atoms with E-state index in [-0.39, 0.29) is 11.8 Å². The van der Waals surface area contributed by atoms with Crippen molar-refractivity contribution in [3.05, 3.63) is 89.9 Å². The molecule has 0 bridgehead atoms. The van der Waals surface area contributed by atoms with E-state index in [1.54, 1.807) is 12.0 Å². The maximum atomic E-state index is 13.6. The van der Waals surface area contributed by atoms with E-state index < -0.39 is 12.0 Å². The first-order chi connectivity index (χ1) is 17.6. The highest BCUT2D eigenvalue weighted by molar-refractivity contribution is 5.97. The van der Waals surface area contributed by atoms with Crippen molar-refractivity contribution < 1.29 is 14.3 Å². The highest BCUT2D eigenvalue weighted by Crippen LogP contribution is 2.43. The van der Waals surface area contributed by atoms with Crippen LogP contribution in [0.3, 0.4) is 0 Å². The Morgan fingerprint density at radius 3 is 2.64 bits per heavy atom. The Hall–Kier alpha value is -4.20. The summed E-state index contributed by atoms with van der Waals surface area (Å²) in [6.07, 6.45) is 3.22. The second-order valence-electron chi connectivity index (χ2n) is 9.02. The quantitative estimate of drug-likeness (QED) is 0.431. The van der Waals surface area contributed by atoms with Gasteiger partial charge in [0.25, 0.3) is 0 Å². The normalized spacial score (nSPS) is 17.8. The van der Waals surface area contributed by atoms with Crippen LogP contribution < -0.4 is 15.0 Å². The maximum absolute atomic E-state index is 13.6. The second kappa shape index (κ2) is 10.2. The lowest BCUT2D eigenvalue weighted by Crippen LogP contribution is -2.48. The molecule has 1 fully saturated rings. The number of benzene rings is 2. The highest BCUT2D eigenvalue weighted by atomic mass is 16.5. The van der Waals surface area contributed by atoms with Gasteiger partial charge >= 0.3 is 0 Å². The molecule has 1 aliphatic heterocycles. The zero-order chi connectivity index (χ0) is 25.1. The van der Waals surface area contributed by atoms with Crippen LogP contribution in [0.2, 0.25) is 0 Å². The Morgan fingerprint density at radius 1 is 1.06 bits per heavy atom.